The van der Waals surface area contributed by atoms with Crippen LogP contribution in [0.2, 0.25) is 0 Å². The molecule has 1 amide bonds. The molecular weight excluding hydrogens is 412 g/mol. The predicted octanol–water partition coefficient (Wildman–Crippen LogP) is 5.58. The van der Waals surface area contributed by atoms with Crippen molar-refractivity contribution in [2.45, 2.75) is 39.3 Å². The summed E-state index contributed by atoms with van der Waals surface area (Å²) in [6.45, 7) is 9.10. The summed E-state index contributed by atoms with van der Waals surface area (Å²) in [6.07, 6.45) is 7.18. The Morgan fingerprint density at radius 3 is 2.76 bits per heavy atom. The fourth-order valence-corrected chi connectivity index (χ4v) is 4.54. The van der Waals surface area contributed by atoms with Gasteiger partial charge in [-0.05, 0) is 56.7 Å². The number of benzene rings is 2. The Hall–Kier alpha value is -3.67. The third-order valence-corrected chi connectivity index (χ3v) is 6.16. The lowest BCUT2D eigenvalue weighted by atomic mass is 9.98. The van der Waals surface area contributed by atoms with Gasteiger partial charge < -0.3 is 14.2 Å². The third kappa shape index (κ3) is 4.46. The molecule has 0 aliphatic carbocycles. The van der Waals surface area contributed by atoms with E-state index >= 15 is 0 Å². The molecule has 6 nitrogen and oxygen atoms in total. The van der Waals surface area contributed by atoms with Crippen LogP contribution in [-0.4, -0.2) is 40.9 Å². The highest BCUT2D eigenvalue weighted by Gasteiger charge is 2.27. The Morgan fingerprint density at radius 1 is 1.27 bits per heavy atom. The van der Waals surface area contributed by atoms with Gasteiger partial charge in [-0.3, -0.25) is 4.99 Å². The van der Waals surface area contributed by atoms with E-state index in [-0.39, 0.29) is 12.1 Å². The molecule has 0 saturated heterocycles. The van der Waals surface area contributed by atoms with Crippen LogP contribution in [0.15, 0.2) is 65.7 Å². The molecule has 1 aliphatic heterocycles. The van der Waals surface area contributed by atoms with Crippen LogP contribution in [0.25, 0.3) is 16.7 Å². The maximum absolute atomic E-state index is 12.2. The van der Waals surface area contributed by atoms with Crippen molar-refractivity contribution in [3.63, 3.8) is 0 Å². The summed E-state index contributed by atoms with van der Waals surface area (Å²) in [5, 5.41) is 0. The molecule has 0 spiro atoms. The van der Waals surface area contributed by atoms with Crippen molar-refractivity contribution in [2.75, 3.05) is 13.7 Å². The van der Waals surface area contributed by atoms with E-state index in [2.05, 4.69) is 59.6 Å². The van der Waals surface area contributed by atoms with Crippen molar-refractivity contribution in [1.82, 2.24) is 14.5 Å². The molecule has 0 radical (unpaired) electrons. The van der Waals surface area contributed by atoms with Crippen LogP contribution in [0.3, 0.4) is 0 Å². The van der Waals surface area contributed by atoms with E-state index in [0.717, 1.165) is 41.0 Å². The minimum absolute atomic E-state index is 0.140. The van der Waals surface area contributed by atoms with Gasteiger partial charge in [0.2, 0.25) is 0 Å². The number of hydrogen-bond acceptors (Lipinski definition) is 4. The highest BCUT2D eigenvalue weighted by atomic mass is 16.5. The van der Waals surface area contributed by atoms with E-state index in [1.54, 1.807) is 4.90 Å². The summed E-state index contributed by atoms with van der Waals surface area (Å²) < 4.78 is 7.23. The molecule has 3 aromatic rings. The van der Waals surface area contributed by atoms with Crippen LogP contribution in [0.5, 0.6) is 0 Å². The maximum Gasteiger partial charge on any atom is 0.409 e. The van der Waals surface area contributed by atoms with E-state index in [1.807, 2.05) is 31.2 Å². The highest BCUT2D eigenvalue weighted by molar-refractivity contribution is 5.85. The van der Waals surface area contributed by atoms with Crippen molar-refractivity contribution in [3.8, 4) is 0 Å². The number of allylic oxidation sites excluding steroid dienone is 3. The first-order valence-electron chi connectivity index (χ1n) is 11.3. The average molecular weight is 443 g/mol. The fraction of sp³-hybridized carbons (Fsp3) is 0.296. The third-order valence-electron chi connectivity index (χ3n) is 6.16. The molecule has 0 bridgehead atoms. The standard InChI is InChI=1S/C27H30N4O2/c1-5-6-12-23(28-3)26-29-25-22-18-30(27(32)33-4)16-15-21(22)13-14-24(25)31(26)19(2)17-20-10-8-7-9-11-20/h5-14,19H,3,15-18H2,1-2,4H3/b6-5-,23-12-/t19-/m1/s1. The molecule has 6 heteroatoms. The van der Waals surface area contributed by atoms with Crippen molar-refractivity contribution in [3.05, 3.63) is 83.2 Å². The van der Waals surface area contributed by atoms with Gasteiger partial charge in [-0.2, -0.15) is 0 Å². The van der Waals surface area contributed by atoms with Crippen LogP contribution in [0, 0.1) is 0 Å². The Labute approximate surface area is 194 Å². The van der Waals surface area contributed by atoms with Gasteiger partial charge in [-0.15, -0.1) is 0 Å². The van der Waals surface area contributed by atoms with E-state index in [9.17, 15) is 4.79 Å². The number of rotatable bonds is 6. The summed E-state index contributed by atoms with van der Waals surface area (Å²) in [6, 6.07) is 14.9. The summed E-state index contributed by atoms with van der Waals surface area (Å²) >= 11 is 0. The van der Waals surface area contributed by atoms with Crippen LogP contribution < -0.4 is 0 Å². The average Bonchev–Trinajstić information content (AvgIpc) is 3.24. The summed E-state index contributed by atoms with van der Waals surface area (Å²) in [4.78, 5) is 23.3. The largest absolute Gasteiger partial charge is 0.453 e. The van der Waals surface area contributed by atoms with Crippen LogP contribution in [0.1, 0.15) is 42.4 Å². The zero-order valence-electron chi connectivity index (χ0n) is 19.5. The number of amides is 1. The number of hydrogen-bond donors (Lipinski definition) is 0. The number of aromatic nitrogens is 2. The highest BCUT2D eigenvalue weighted by Crippen LogP contribution is 2.33. The van der Waals surface area contributed by atoms with Gasteiger partial charge in [0.1, 0.15) is 5.70 Å². The van der Waals surface area contributed by atoms with Crippen LogP contribution >= 0.6 is 0 Å². The minimum Gasteiger partial charge on any atom is -0.453 e. The molecule has 4 rings (SSSR count). The molecule has 2 heterocycles. The van der Waals surface area contributed by atoms with Crippen molar-refractivity contribution < 1.29 is 9.53 Å². The summed E-state index contributed by atoms with van der Waals surface area (Å²) in [5.74, 6) is 0.783. The second kappa shape index (κ2) is 9.86. The first-order valence-corrected chi connectivity index (χ1v) is 11.3. The molecule has 0 unspecified atom stereocenters. The normalized spacial score (nSPS) is 15.0. The summed E-state index contributed by atoms with van der Waals surface area (Å²) in [7, 11) is 1.42. The van der Waals surface area contributed by atoms with Gasteiger partial charge in [0.05, 0.1) is 24.7 Å². The molecular formula is C27H30N4O2. The van der Waals surface area contributed by atoms with Crippen LogP contribution in [0.4, 0.5) is 4.79 Å². The van der Waals surface area contributed by atoms with Crippen molar-refractivity contribution >= 4 is 29.5 Å². The van der Waals surface area contributed by atoms with E-state index in [1.165, 1.54) is 18.2 Å². The van der Waals surface area contributed by atoms with Crippen molar-refractivity contribution in [2.24, 2.45) is 4.99 Å². The Morgan fingerprint density at radius 2 is 2.06 bits per heavy atom. The molecule has 0 saturated carbocycles. The zero-order valence-corrected chi connectivity index (χ0v) is 19.5. The Kier molecular flexibility index (Phi) is 6.73. The zero-order chi connectivity index (χ0) is 23.4. The van der Waals surface area contributed by atoms with Gasteiger partial charge in [0, 0.05) is 18.2 Å². The van der Waals surface area contributed by atoms with E-state index < -0.39 is 0 Å². The first-order chi connectivity index (χ1) is 16.1. The van der Waals surface area contributed by atoms with Gasteiger partial charge >= 0.3 is 6.09 Å². The molecule has 170 valence electrons. The smallest absolute Gasteiger partial charge is 0.409 e. The van der Waals surface area contributed by atoms with Gasteiger partial charge in [0.15, 0.2) is 5.82 Å². The Balaban J connectivity index is 1.88. The monoisotopic (exact) mass is 442 g/mol. The number of imidazole rings is 1. The lowest BCUT2D eigenvalue weighted by Gasteiger charge is -2.28. The fourth-order valence-electron chi connectivity index (χ4n) is 4.54. The quantitative estimate of drug-likeness (QED) is 0.370. The maximum atomic E-state index is 12.2. The number of carbonyl (C=O) groups excluding carboxylic acids is 1. The molecule has 0 fully saturated rings. The van der Waals surface area contributed by atoms with Crippen LogP contribution in [-0.2, 0) is 24.1 Å². The number of fused-ring (bicyclic) bond motifs is 3. The molecule has 1 aromatic heterocycles. The lowest BCUT2D eigenvalue weighted by Crippen LogP contribution is -2.35. The van der Waals surface area contributed by atoms with E-state index in [4.69, 9.17) is 9.72 Å². The van der Waals surface area contributed by atoms with Crippen molar-refractivity contribution in [1.29, 1.82) is 0 Å². The molecule has 1 aliphatic rings. The number of methoxy groups -OCH3 is 1. The van der Waals surface area contributed by atoms with Gasteiger partial charge in [0.25, 0.3) is 0 Å². The molecule has 2 aromatic carbocycles. The topological polar surface area (TPSA) is 59.7 Å². The predicted molar refractivity (Wildman–Crippen MR) is 133 cm³/mol. The Bertz CT molecular complexity index is 1220. The minimum atomic E-state index is -0.309. The second-order valence-corrected chi connectivity index (χ2v) is 8.29. The molecule has 0 N–H and O–H groups in total. The first kappa shape index (κ1) is 22.5. The molecule has 33 heavy (non-hydrogen) atoms. The SMILES string of the molecule is C=N/C(=C\C=C/C)c1nc2c3c(ccc2n1[C@H](C)Cc1ccccc1)CCN(C(=O)OC)C3. The van der Waals surface area contributed by atoms with E-state index in [0.29, 0.717) is 13.1 Å². The number of aliphatic imine (C=N–C) groups is 1. The van der Waals surface area contributed by atoms with Gasteiger partial charge in [-0.25, -0.2) is 9.78 Å². The molecule has 1 atom stereocenters. The lowest BCUT2D eigenvalue weighted by molar-refractivity contribution is 0.119. The second-order valence-electron chi connectivity index (χ2n) is 8.29. The number of ether oxygens (including phenoxy) is 1. The van der Waals surface area contributed by atoms with Gasteiger partial charge in [-0.1, -0.05) is 48.6 Å². The number of nitrogens with zero attached hydrogens (tertiary/aromatic N) is 4. The number of carbonyl (C=O) groups is 1. The summed E-state index contributed by atoms with van der Waals surface area (Å²) in [5.41, 5.74) is 6.22.